The Morgan fingerprint density at radius 3 is 1.31 bits per heavy atom. The van der Waals surface area contributed by atoms with Gasteiger partial charge in [0.2, 0.25) is 0 Å². The third kappa shape index (κ3) is 5.62. The van der Waals surface area contributed by atoms with Crippen molar-refractivity contribution in [2.45, 2.75) is 48.0 Å². The van der Waals surface area contributed by atoms with Gasteiger partial charge >= 0.3 is 329 Å². The number of benzene rings is 4. The maximum atomic E-state index is 8.90. The fourth-order valence-corrected chi connectivity index (χ4v) is 36.7. The van der Waals surface area contributed by atoms with Gasteiger partial charge in [-0.05, 0) is 0 Å². The molecule has 0 N–H and O–H groups in total. The molecule has 0 amide bonds. The van der Waals surface area contributed by atoms with Crippen LogP contribution in [0.15, 0.2) is 106 Å². The summed E-state index contributed by atoms with van der Waals surface area (Å²) in [5.74, 6) is 4.93. The van der Waals surface area contributed by atoms with Crippen LogP contribution in [0.3, 0.4) is 0 Å². The molecule has 0 aliphatic heterocycles. The van der Waals surface area contributed by atoms with E-state index in [4.69, 9.17) is 35.3 Å². The quantitative estimate of drug-likeness (QED) is 0.143. The third-order valence-electron chi connectivity index (χ3n) is 11.6. The van der Waals surface area contributed by atoms with Crippen molar-refractivity contribution in [2.75, 3.05) is 14.2 Å². The molecular weight excluding hydrogens is 807 g/mol. The van der Waals surface area contributed by atoms with E-state index < -0.39 is 20.4 Å². The van der Waals surface area contributed by atoms with Crippen molar-refractivity contribution >= 4 is 45.8 Å². The Morgan fingerprint density at radius 1 is 0.556 bits per heavy atom. The SMILES string of the molecule is COc1ccccc1-c1c(C)ccc2c1C=C(c1ccc(C)o1)[CH]2[Zr]([Cl])([Cl])([CH]1C(c2ccc(C)o2)=Cc2c1ccc(C)c2-c1ccccc1OC)=[Si](C)C. The fraction of sp³-hybridized carbons (Fsp3) is 0.217. The molecule has 0 radical (unpaired) electrons. The van der Waals surface area contributed by atoms with Crippen molar-refractivity contribution in [1.29, 1.82) is 0 Å². The number of methoxy groups -OCH3 is 2. The molecule has 2 aromatic heterocycles. The maximum absolute atomic E-state index is 8.90. The first-order valence-electron chi connectivity index (χ1n) is 18.4. The van der Waals surface area contributed by atoms with Crippen molar-refractivity contribution in [1.82, 2.24) is 0 Å². The molecule has 2 aliphatic rings. The summed E-state index contributed by atoms with van der Waals surface area (Å²) in [5, 5.41) is 0. The molecule has 8 rings (SSSR count). The molecule has 0 spiro atoms. The zero-order valence-corrected chi connectivity index (χ0v) is 36.9. The molecule has 0 bridgehead atoms. The Balaban J connectivity index is 1.47. The molecule has 274 valence electrons. The van der Waals surface area contributed by atoms with Gasteiger partial charge in [-0.15, -0.1) is 0 Å². The third-order valence-corrected chi connectivity index (χ3v) is 57.9. The Morgan fingerprint density at radius 2 is 0.963 bits per heavy atom. The summed E-state index contributed by atoms with van der Waals surface area (Å²) in [4.78, 5) is 0. The molecule has 0 fully saturated rings. The number of fused-ring (bicyclic) bond motifs is 2. The summed E-state index contributed by atoms with van der Waals surface area (Å²) in [6.45, 7) is 13.0. The van der Waals surface area contributed by atoms with E-state index >= 15 is 0 Å². The van der Waals surface area contributed by atoms with E-state index in [0.717, 1.165) is 101 Å². The Kier molecular flexibility index (Phi) is 9.45. The van der Waals surface area contributed by atoms with Crippen molar-refractivity contribution in [3.63, 3.8) is 0 Å². The average molecular weight is 851 g/mol. The van der Waals surface area contributed by atoms with Crippen LogP contribution in [0.1, 0.15) is 63.7 Å². The van der Waals surface area contributed by atoms with Crippen molar-refractivity contribution in [3.8, 4) is 33.8 Å². The van der Waals surface area contributed by atoms with Gasteiger partial charge in [0, 0.05) is 0 Å². The Labute approximate surface area is 326 Å². The predicted octanol–water partition coefficient (Wildman–Crippen LogP) is 13.6. The average Bonchev–Trinajstić information content (AvgIpc) is 3.96. The summed E-state index contributed by atoms with van der Waals surface area (Å²) in [6, 6.07) is 33.7. The zero-order chi connectivity index (χ0) is 38.1. The normalized spacial score (nSPS) is 16.5. The molecule has 6 aromatic rings. The monoisotopic (exact) mass is 848 g/mol. The summed E-state index contributed by atoms with van der Waals surface area (Å²) < 4.78 is 24.4. The van der Waals surface area contributed by atoms with E-state index in [1.54, 1.807) is 14.2 Å². The first-order valence-corrected chi connectivity index (χ1v) is 33.7. The van der Waals surface area contributed by atoms with E-state index in [-0.39, 0.29) is 7.25 Å². The fourth-order valence-electron chi connectivity index (χ4n) is 9.02. The Hall–Kier alpha value is -3.80. The molecule has 0 saturated heterocycles. The zero-order valence-electron chi connectivity index (χ0n) is 31.9. The molecule has 2 unspecified atom stereocenters. The van der Waals surface area contributed by atoms with Crippen LogP contribution in [0.4, 0.5) is 0 Å². The van der Waals surface area contributed by atoms with Crippen LogP contribution in [-0.4, -0.2) is 19.7 Å². The van der Waals surface area contributed by atoms with Gasteiger partial charge in [-0.1, -0.05) is 0 Å². The van der Waals surface area contributed by atoms with Gasteiger partial charge in [-0.3, -0.25) is 0 Å². The number of allylic oxidation sites excluding steroid dienone is 2. The number of rotatable bonds is 8. The number of furan rings is 2. The van der Waals surface area contributed by atoms with Gasteiger partial charge < -0.3 is 0 Å². The van der Waals surface area contributed by atoms with Crippen LogP contribution in [0.5, 0.6) is 11.5 Å². The van der Waals surface area contributed by atoms with Crippen LogP contribution in [0.25, 0.3) is 45.6 Å². The van der Waals surface area contributed by atoms with Crippen LogP contribution in [0, 0.1) is 27.7 Å². The molecule has 2 aliphatic carbocycles. The Bertz CT molecular complexity index is 2460. The van der Waals surface area contributed by atoms with E-state index in [0.29, 0.717) is 0 Å². The minimum atomic E-state index is -5.42. The minimum absolute atomic E-state index is 0.278. The summed E-state index contributed by atoms with van der Waals surface area (Å²) in [6.07, 6.45) is 4.61. The van der Waals surface area contributed by atoms with Crippen LogP contribution < -0.4 is 9.47 Å². The molecule has 8 heteroatoms. The number of hydrogen-bond acceptors (Lipinski definition) is 4. The molecular formula is C46H44Cl2O4SiZr. The first-order chi connectivity index (χ1) is 25.9. The van der Waals surface area contributed by atoms with Crippen molar-refractivity contribution in [3.05, 3.63) is 153 Å². The standard InChI is InChI=1S/2C22H19O2.C2H6Si.2ClH.Zr/c2*1-14-8-10-16-12-17(20-11-9-15(2)24-20)13-19(16)22(14)18-6-4-5-7-21(18)23-3;1-3-2;;;/h2*4-13H,1-3H3;1-2H3;2*1H;/q;;;;;+2/p-2. The summed E-state index contributed by atoms with van der Waals surface area (Å²) in [7, 11) is 21.3. The predicted molar refractivity (Wildman–Crippen MR) is 224 cm³/mol. The number of halogens is 2. The molecule has 2 heterocycles. The van der Waals surface area contributed by atoms with Gasteiger partial charge in [0.1, 0.15) is 0 Å². The molecule has 2 atom stereocenters. The number of hydrogen-bond donors (Lipinski definition) is 0. The summed E-state index contributed by atoms with van der Waals surface area (Å²) >= 11 is -5.42. The van der Waals surface area contributed by atoms with Gasteiger partial charge in [0.25, 0.3) is 0 Å². The second-order valence-corrected chi connectivity index (χ2v) is 53.7. The van der Waals surface area contributed by atoms with E-state index in [9.17, 15) is 0 Å². The number of para-hydroxylation sites is 2. The molecule has 4 aromatic carbocycles. The molecule has 4 nitrogen and oxygen atoms in total. The second kappa shape index (κ2) is 13.7. The van der Waals surface area contributed by atoms with Gasteiger partial charge in [-0.25, -0.2) is 0 Å². The second-order valence-electron chi connectivity index (χ2n) is 15.0. The van der Waals surface area contributed by atoms with Gasteiger partial charge in [0.05, 0.1) is 0 Å². The van der Waals surface area contributed by atoms with Crippen LogP contribution in [-0.2, 0) is 15.0 Å². The van der Waals surface area contributed by atoms with Gasteiger partial charge in [0.15, 0.2) is 0 Å². The van der Waals surface area contributed by atoms with Gasteiger partial charge in [-0.2, -0.15) is 0 Å². The van der Waals surface area contributed by atoms with Crippen LogP contribution in [0.2, 0.25) is 13.1 Å². The molecule has 54 heavy (non-hydrogen) atoms. The van der Waals surface area contributed by atoms with E-state index in [1.165, 1.54) is 0 Å². The number of aryl methyl sites for hydroxylation is 4. The van der Waals surface area contributed by atoms with E-state index in [2.05, 4.69) is 99.8 Å². The molecule has 0 saturated carbocycles. The first kappa shape index (κ1) is 37.1. The van der Waals surface area contributed by atoms with Crippen molar-refractivity contribution in [2.24, 2.45) is 0 Å². The summed E-state index contributed by atoms with van der Waals surface area (Å²) in [5.41, 5.74) is 11.8. The number of ether oxygens (including phenoxy) is 2. The topological polar surface area (TPSA) is 44.7 Å². The van der Waals surface area contributed by atoms with Crippen LogP contribution >= 0.6 is 17.0 Å². The van der Waals surface area contributed by atoms with Crippen molar-refractivity contribution < 1.29 is 33.3 Å². The van der Waals surface area contributed by atoms with E-state index in [1.807, 2.05) is 50.2 Å².